The van der Waals surface area contributed by atoms with Crippen LogP contribution >= 0.6 is 0 Å². The molecular weight excluding hydrogens is 985 g/mol. The van der Waals surface area contributed by atoms with Crippen molar-refractivity contribution in [3.8, 4) is 0 Å². The summed E-state index contributed by atoms with van der Waals surface area (Å²) in [6, 6.07) is 0. The van der Waals surface area contributed by atoms with Gasteiger partial charge in [0, 0.05) is 19.3 Å². The fourth-order valence-corrected chi connectivity index (χ4v) is 9.20. The number of allylic oxidation sites excluding steroid dienone is 20. The number of ether oxygens (including phenoxy) is 3. The Labute approximate surface area is 494 Å². The minimum atomic E-state index is -0.782. The lowest BCUT2D eigenvalue weighted by molar-refractivity contribution is -0.167. The Hall–Kier alpha value is -4.19. The van der Waals surface area contributed by atoms with Crippen molar-refractivity contribution in [3.63, 3.8) is 0 Å². The van der Waals surface area contributed by atoms with E-state index in [9.17, 15) is 14.4 Å². The van der Waals surface area contributed by atoms with E-state index in [0.717, 1.165) is 122 Å². The first-order valence-corrected chi connectivity index (χ1v) is 33.5. The van der Waals surface area contributed by atoms with Crippen LogP contribution in [0.5, 0.6) is 0 Å². The van der Waals surface area contributed by atoms with Crippen molar-refractivity contribution >= 4 is 17.9 Å². The fraction of sp³-hybridized carbons (Fsp3) is 0.689. The highest BCUT2D eigenvalue weighted by Gasteiger charge is 2.19. The largest absolute Gasteiger partial charge is 0.462 e. The second-order valence-electron chi connectivity index (χ2n) is 22.0. The van der Waals surface area contributed by atoms with E-state index >= 15 is 0 Å². The molecule has 80 heavy (non-hydrogen) atoms. The third kappa shape index (κ3) is 64.6. The van der Waals surface area contributed by atoms with Gasteiger partial charge < -0.3 is 14.2 Å². The highest BCUT2D eigenvalue weighted by atomic mass is 16.6. The first-order valence-electron chi connectivity index (χ1n) is 33.5. The van der Waals surface area contributed by atoms with Crippen LogP contribution in [0.3, 0.4) is 0 Å². The van der Waals surface area contributed by atoms with Gasteiger partial charge in [0.1, 0.15) is 13.2 Å². The SMILES string of the molecule is CC/C=C\C/C=C\C/C=C\C/C=C\C/C=C\C/C=C\C/C=C\C/C=C\CCCCCCCCCCC(=O)OCC(COC(=O)CCCCCCCC)OC(=O)CCCCCCCCCCCCC/C=C\C/C=C\CCCCCCC. The summed E-state index contributed by atoms with van der Waals surface area (Å²) in [5.74, 6) is -0.896. The van der Waals surface area contributed by atoms with E-state index in [1.54, 1.807) is 0 Å². The second-order valence-corrected chi connectivity index (χ2v) is 22.0. The van der Waals surface area contributed by atoms with Crippen molar-refractivity contribution < 1.29 is 28.6 Å². The van der Waals surface area contributed by atoms with Crippen LogP contribution in [-0.2, 0) is 28.6 Å². The average Bonchev–Trinajstić information content (AvgIpc) is 3.46. The lowest BCUT2D eigenvalue weighted by Gasteiger charge is -2.18. The molecule has 0 saturated carbocycles. The van der Waals surface area contributed by atoms with Gasteiger partial charge in [-0.25, -0.2) is 0 Å². The molecule has 6 heteroatoms. The molecule has 0 heterocycles. The summed E-state index contributed by atoms with van der Waals surface area (Å²) in [5.41, 5.74) is 0. The highest BCUT2D eigenvalue weighted by molar-refractivity contribution is 5.71. The maximum absolute atomic E-state index is 12.9. The molecule has 0 aromatic carbocycles. The number of carbonyl (C=O) groups is 3. The topological polar surface area (TPSA) is 78.9 Å². The molecule has 1 atom stereocenters. The second kappa shape index (κ2) is 67.3. The molecule has 0 aliphatic heterocycles. The van der Waals surface area contributed by atoms with Crippen LogP contribution in [0.4, 0.5) is 0 Å². The number of esters is 3. The first-order chi connectivity index (χ1) is 39.5. The highest BCUT2D eigenvalue weighted by Crippen LogP contribution is 2.16. The molecule has 6 nitrogen and oxygen atoms in total. The monoisotopic (exact) mass is 1110 g/mol. The fourth-order valence-electron chi connectivity index (χ4n) is 9.20. The zero-order chi connectivity index (χ0) is 57.8. The van der Waals surface area contributed by atoms with Crippen LogP contribution in [0.15, 0.2) is 122 Å². The van der Waals surface area contributed by atoms with Crippen LogP contribution in [0.2, 0.25) is 0 Å². The summed E-state index contributed by atoms with van der Waals surface area (Å²) in [7, 11) is 0. The van der Waals surface area contributed by atoms with Gasteiger partial charge >= 0.3 is 17.9 Å². The van der Waals surface area contributed by atoms with Crippen LogP contribution in [0.1, 0.15) is 310 Å². The molecule has 0 rings (SSSR count). The first kappa shape index (κ1) is 75.8. The van der Waals surface area contributed by atoms with Crippen molar-refractivity contribution in [1.29, 1.82) is 0 Å². The van der Waals surface area contributed by atoms with Gasteiger partial charge in [0.05, 0.1) is 0 Å². The van der Waals surface area contributed by atoms with Gasteiger partial charge in [-0.2, -0.15) is 0 Å². The Bertz CT molecular complexity index is 1650. The summed E-state index contributed by atoms with van der Waals surface area (Å²) in [4.78, 5) is 38.1. The maximum atomic E-state index is 12.9. The molecular formula is C74H124O6. The zero-order valence-corrected chi connectivity index (χ0v) is 52.3. The number of hydrogen-bond donors (Lipinski definition) is 0. The van der Waals surface area contributed by atoms with E-state index in [1.165, 1.54) is 148 Å². The number of carbonyl (C=O) groups excluding carboxylic acids is 3. The Kier molecular flexibility index (Phi) is 63.8. The molecule has 0 aromatic heterocycles. The molecule has 0 amide bonds. The minimum Gasteiger partial charge on any atom is -0.462 e. The lowest BCUT2D eigenvalue weighted by Crippen LogP contribution is -2.30. The van der Waals surface area contributed by atoms with E-state index in [-0.39, 0.29) is 31.1 Å². The van der Waals surface area contributed by atoms with Gasteiger partial charge in [-0.1, -0.05) is 296 Å². The average molecular weight is 1110 g/mol. The number of unbranched alkanes of at least 4 members (excludes halogenated alkanes) is 29. The van der Waals surface area contributed by atoms with E-state index in [2.05, 4.69) is 142 Å². The normalized spacial score (nSPS) is 12.9. The van der Waals surface area contributed by atoms with Crippen LogP contribution < -0.4 is 0 Å². The van der Waals surface area contributed by atoms with Gasteiger partial charge in [0.2, 0.25) is 0 Å². The van der Waals surface area contributed by atoms with Crippen molar-refractivity contribution in [3.05, 3.63) is 122 Å². The number of hydrogen-bond acceptors (Lipinski definition) is 6. The Morgan fingerprint density at radius 3 is 0.762 bits per heavy atom. The molecule has 0 spiro atoms. The van der Waals surface area contributed by atoms with Gasteiger partial charge in [0.15, 0.2) is 6.10 Å². The summed E-state index contributed by atoms with van der Waals surface area (Å²) < 4.78 is 16.8. The van der Waals surface area contributed by atoms with Gasteiger partial charge in [-0.05, 0) is 116 Å². The lowest BCUT2D eigenvalue weighted by atomic mass is 10.0. The van der Waals surface area contributed by atoms with E-state index in [4.69, 9.17) is 14.2 Å². The molecule has 0 saturated heterocycles. The zero-order valence-electron chi connectivity index (χ0n) is 52.3. The summed E-state index contributed by atoms with van der Waals surface area (Å²) in [6.07, 6.45) is 93.9. The standard InChI is InChI=1S/C74H124O6/c1-4-7-10-13-16-18-20-22-24-26-28-30-32-33-34-35-36-37-38-39-40-41-43-44-46-48-50-52-54-56-58-61-64-67-73(76)79-70-71(69-78-72(75)66-63-60-15-12-9-6-3)80-74(77)68-65-62-59-57-55-53-51-49-47-45-42-31-29-27-25-23-21-19-17-14-11-8-5-2/h7,10,16,18,21-24,27-30,33-34,36-37,39-40,43-44,71H,4-6,8-9,11-15,17,19-20,25-26,31-32,35,38,41-42,45-70H2,1-3H3/b10-7-,18-16-,23-21-,24-22-,29-27-,30-28-,34-33-,37-36-,40-39-,44-43-. The van der Waals surface area contributed by atoms with Crippen LogP contribution in [-0.4, -0.2) is 37.2 Å². The Morgan fingerprint density at radius 1 is 0.263 bits per heavy atom. The van der Waals surface area contributed by atoms with Crippen molar-refractivity contribution in [1.82, 2.24) is 0 Å². The Balaban J connectivity index is 4.11. The molecule has 1 unspecified atom stereocenters. The summed E-state index contributed by atoms with van der Waals surface area (Å²) in [5, 5.41) is 0. The summed E-state index contributed by atoms with van der Waals surface area (Å²) >= 11 is 0. The van der Waals surface area contributed by atoms with Crippen LogP contribution in [0.25, 0.3) is 0 Å². The quantitative estimate of drug-likeness (QED) is 0.0261. The van der Waals surface area contributed by atoms with E-state index in [0.29, 0.717) is 19.3 Å². The van der Waals surface area contributed by atoms with E-state index in [1.807, 2.05) is 0 Å². The predicted molar refractivity (Wildman–Crippen MR) is 348 cm³/mol. The summed E-state index contributed by atoms with van der Waals surface area (Å²) in [6.45, 7) is 6.46. The smallest absolute Gasteiger partial charge is 0.306 e. The Morgan fingerprint density at radius 2 is 0.487 bits per heavy atom. The van der Waals surface area contributed by atoms with Crippen molar-refractivity contribution in [2.45, 2.75) is 316 Å². The molecule has 0 aliphatic carbocycles. The third-order valence-electron chi connectivity index (χ3n) is 14.2. The molecule has 0 radical (unpaired) electrons. The molecule has 0 aliphatic rings. The third-order valence-corrected chi connectivity index (χ3v) is 14.2. The maximum Gasteiger partial charge on any atom is 0.306 e. The minimum absolute atomic E-state index is 0.0814. The van der Waals surface area contributed by atoms with E-state index < -0.39 is 6.10 Å². The molecule has 456 valence electrons. The van der Waals surface area contributed by atoms with Gasteiger partial charge in [-0.3, -0.25) is 14.4 Å². The molecule has 0 N–H and O–H groups in total. The molecule has 0 aromatic rings. The van der Waals surface area contributed by atoms with Gasteiger partial charge in [-0.15, -0.1) is 0 Å². The van der Waals surface area contributed by atoms with Gasteiger partial charge in [0.25, 0.3) is 0 Å². The number of rotatable bonds is 60. The van der Waals surface area contributed by atoms with Crippen LogP contribution in [0, 0.1) is 0 Å². The molecule has 0 bridgehead atoms. The molecule has 0 fully saturated rings. The van der Waals surface area contributed by atoms with Crippen molar-refractivity contribution in [2.24, 2.45) is 0 Å². The predicted octanol–water partition coefficient (Wildman–Crippen LogP) is 23.2. The van der Waals surface area contributed by atoms with Crippen molar-refractivity contribution in [2.75, 3.05) is 13.2 Å².